The molecule has 1 N–H and O–H groups in total. The van der Waals surface area contributed by atoms with Gasteiger partial charge < -0.3 is 9.52 Å². The molecule has 2 aromatic rings. The van der Waals surface area contributed by atoms with Crippen LogP contribution in [0.15, 0.2) is 41.0 Å². The van der Waals surface area contributed by atoms with Crippen LogP contribution in [0, 0.1) is 0 Å². The van der Waals surface area contributed by atoms with Gasteiger partial charge in [-0.1, -0.05) is 12.1 Å². The summed E-state index contributed by atoms with van der Waals surface area (Å²) in [4.78, 5) is 13.6. The highest BCUT2D eigenvalue weighted by molar-refractivity contribution is 5.89. The van der Waals surface area contributed by atoms with Crippen LogP contribution in [0.4, 0.5) is 0 Å². The molecule has 104 valence electrons. The van der Waals surface area contributed by atoms with E-state index in [-0.39, 0.29) is 6.04 Å². The molecule has 1 aliphatic rings. The lowest BCUT2D eigenvalue weighted by molar-refractivity contribution is 0.0694. The van der Waals surface area contributed by atoms with Crippen LogP contribution in [0.1, 0.15) is 40.2 Å². The van der Waals surface area contributed by atoms with Gasteiger partial charge in [-0.15, -0.1) is 0 Å². The van der Waals surface area contributed by atoms with Crippen molar-refractivity contribution in [3.05, 3.63) is 59.0 Å². The first kappa shape index (κ1) is 12.9. The fraction of sp³-hybridized carbons (Fsp3) is 0.312. The number of hydrogen-bond donors (Lipinski definition) is 1. The molecule has 0 saturated carbocycles. The molecule has 1 aromatic carbocycles. The van der Waals surface area contributed by atoms with E-state index in [0.717, 1.165) is 36.4 Å². The fourth-order valence-electron chi connectivity index (χ4n) is 2.87. The van der Waals surface area contributed by atoms with Crippen molar-refractivity contribution < 1.29 is 14.3 Å². The summed E-state index contributed by atoms with van der Waals surface area (Å²) in [6.45, 7) is 3.72. The molecule has 1 unspecified atom stereocenters. The van der Waals surface area contributed by atoms with Crippen molar-refractivity contribution in [2.45, 2.75) is 25.9 Å². The summed E-state index contributed by atoms with van der Waals surface area (Å²) in [5, 5.41) is 9.24. The lowest BCUT2D eigenvalue weighted by Crippen LogP contribution is -2.33. The van der Waals surface area contributed by atoms with Gasteiger partial charge in [0.1, 0.15) is 5.76 Å². The minimum absolute atomic E-state index is 0.201. The molecule has 4 heteroatoms. The number of carboxylic acid groups (broad SMARTS) is 1. The quantitative estimate of drug-likeness (QED) is 0.932. The van der Waals surface area contributed by atoms with E-state index in [4.69, 9.17) is 4.42 Å². The maximum absolute atomic E-state index is 11.2. The van der Waals surface area contributed by atoms with Crippen LogP contribution in [-0.2, 0) is 13.0 Å². The van der Waals surface area contributed by atoms with E-state index in [1.165, 1.54) is 0 Å². The van der Waals surface area contributed by atoms with Gasteiger partial charge in [-0.05, 0) is 42.7 Å². The molecule has 0 amide bonds. The lowest BCUT2D eigenvalue weighted by Gasteiger charge is -2.33. The SMILES string of the molecule is CC(c1ccco1)N1CCc2c(cccc2C(=O)O)C1. The van der Waals surface area contributed by atoms with Crippen LogP contribution in [-0.4, -0.2) is 22.5 Å². The number of nitrogens with zero attached hydrogens (tertiary/aromatic N) is 1. The molecule has 3 rings (SSSR count). The summed E-state index contributed by atoms with van der Waals surface area (Å²) in [5.74, 6) is 0.109. The highest BCUT2D eigenvalue weighted by atomic mass is 16.4. The van der Waals surface area contributed by atoms with Crippen LogP contribution in [0.3, 0.4) is 0 Å². The van der Waals surface area contributed by atoms with Crippen LogP contribution < -0.4 is 0 Å². The second kappa shape index (κ2) is 5.13. The molecule has 0 aliphatic carbocycles. The Hall–Kier alpha value is -2.07. The Labute approximate surface area is 117 Å². The van der Waals surface area contributed by atoms with Gasteiger partial charge in [0.05, 0.1) is 17.9 Å². The van der Waals surface area contributed by atoms with Crippen molar-refractivity contribution in [1.29, 1.82) is 0 Å². The van der Waals surface area contributed by atoms with Crippen molar-refractivity contribution in [2.24, 2.45) is 0 Å². The van der Waals surface area contributed by atoms with Gasteiger partial charge >= 0.3 is 5.97 Å². The van der Waals surface area contributed by atoms with Crippen LogP contribution in [0.2, 0.25) is 0 Å². The normalized spacial score (nSPS) is 16.6. The molecular formula is C16H17NO3. The molecule has 4 nitrogen and oxygen atoms in total. The lowest BCUT2D eigenvalue weighted by atomic mass is 9.93. The number of benzene rings is 1. The maximum Gasteiger partial charge on any atom is 0.335 e. The van der Waals surface area contributed by atoms with Gasteiger partial charge in [0.15, 0.2) is 0 Å². The second-order valence-electron chi connectivity index (χ2n) is 5.16. The minimum Gasteiger partial charge on any atom is -0.478 e. The number of aromatic carboxylic acids is 1. The third-order valence-electron chi connectivity index (χ3n) is 4.03. The van der Waals surface area contributed by atoms with Crippen LogP contribution in [0.5, 0.6) is 0 Å². The van der Waals surface area contributed by atoms with Gasteiger partial charge in [-0.25, -0.2) is 4.79 Å². The number of fused-ring (bicyclic) bond motifs is 1. The highest BCUT2D eigenvalue weighted by Gasteiger charge is 2.25. The maximum atomic E-state index is 11.2. The molecule has 20 heavy (non-hydrogen) atoms. The number of carboxylic acids is 1. The summed E-state index contributed by atoms with van der Waals surface area (Å²) in [6, 6.07) is 9.60. The zero-order chi connectivity index (χ0) is 14.1. The second-order valence-corrected chi connectivity index (χ2v) is 5.16. The van der Waals surface area contributed by atoms with E-state index in [9.17, 15) is 9.90 Å². The van der Waals surface area contributed by atoms with Crippen molar-refractivity contribution in [3.63, 3.8) is 0 Å². The first-order valence-electron chi connectivity index (χ1n) is 6.78. The van der Waals surface area contributed by atoms with Gasteiger partial charge in [-0.3, -0.25) is 4.90 Å². The molecule has 0 radical (unpaired) electrons. The van der Waals surface area contributed by atoms with Gasteiger partial charge in [-0.2, -0.15) is 0 Å². The number of hydrogen-bond acceptors (Lipinski definition) is 3. The van der Waals surface area contributed by atoms with Crippen molar-refractivity contribution >= 4 is 5.97 Å². The Morgan fingerprint density at radius 2 is 2.20 bits per heavy atom. The monoisotopic (exact) mass is 271 g/mol. The number of furan rings is 1. The Balaban J connectivity index is 1.86. The third-order valence-corrected chi connectivity index (χ3v) is 4.03. The van der Waals surface area contributed by atoms with E-state index < -0.39 is 5.97 Å². The van der Waals surface area contributed by atoms with Gasteiger partial charge in [0, 0.05) is 13.1 Å². The average Bonchev–Trinajstić information content (AvgIpc) is 2.99. The first-order chi connectivity index (χ1) is 9.66. The third kappa shape index (κ3) is 2.23. The Bertz CT molecular complexity index is 619. The number of carbonyl (C=O) groups is 1. The van der Waals surface area contributed by atoms with E-state index >= 15 is 0 Å². The van der Waals surface area contributed by atoms with Crippen molar-refractivity contribution in [3.8, 4) is 0 Å². The van der Waals surface area contributed by atoms with Crippen molar-refractivity contribution in [2.75, 3.05) is 6.54 Å². The predicted molar refractivity (Wildman–Crippen MR) is 74.6 cm³/mol. The molecule has 2 heterocycles. The number of rotatable bonds is 3. The standard InChI is InChI=1S/C16H17NO3/c1-11(15-6-3-9-20-15)17-8-7-13-12(10-17)4-2-5-14(13)16(18)19/h2-6,9,11H,7-8,10H2,1H3,(H,18,19). The summed E-state index contributed by atoms with van der Waals surface area (Å²) in [5.41, 5.74) is 2.52. The molecule has 1 aromatic heterocycles. The summed E-state index contributed by atoms with van der Waals surface area (Å²) >= 11 is 0. The summed E-state index contributed by atoms with van der Waals surface area (Å²) in [7, 11) is 0. The Morgan fingerprint density at radius 1 is 1.35 bits per heavy atom. The Morgan fingerprint density at radius 3 is 2.90 bits per heavy atom. The minimum atomic E-state index is -0.839. The molecule has 0 spiro atoms. The van der Waals surface area contributed by atoms with Gasteiger partial charge in [0.25, 0.3) is 0 Å². The Kier molecular flexibility index (Phi) is 3.32. The van der Waals surface area contributed by atoms with Crippen molar-refractivity contribution in [1.82, 2.24) is 4.90 Å². The zero-order valence-corrected chi connectivity index (χ0v) is 11.4. The summed E-state index contributed by atoms with van der Waals surface area (Å²) < 4.78 is 5.46. The largest absolute Gasteiger partial charge is 0.478 e. The predicted octanol–water partition coefficient (Wildman–Crippen LogP) is 3.10. The molecule has 0 fully saturated rings. The summed E-state index contributed by atoms with van der Waals surface area (Å²) in [6.07, 6.45) is 2.45. The highest BCUT2D eigenvalue weighted by Crippen LogP contribution is 2.29. The first-order valence-corrected chi connectivity index (χ1v) is 6.78. The fourth-order valence-corrected chi connectivity index (χ4v) is 2.87. The molecule has 1 atom stereocenters. The van der Waals surface area contributed by atoms with Gasteiger partial charge in [0.2, 0.25) is 0 Å². The van der Waals surface area contributed by atoms with E-state index in [2.05, 4.69) is 11.8 Å². The van der Waals surface area contributed by atoms with Crippen LogP contribution >= 0.6 is 0 Å². The molecule has 0 saturated heterocycles. The van der Waals surface area contributed by atoms with E-state index in [1.54, 1.807) is 12.3 Å². The average molecular weight is 271 g/mol. The van der Waals surface area contributed by atoms with E-state index in [1.807, 2.05) is 24.3 Å². The smallest absolute Gasteiger partial charge is 0.335 e. The molecular weight excluding hydrogens is 254 g/mol. The molecule has 1 aliphatic heterocycles. The zero-order valence-electron chi connectivity index (χ0n) is 11.4. The molecule has 0 bridgehead atoms. The van der Waals surface area contributed by atoms with Crippen LogP contribution in [0.25, 0.3) is 0 Å². The topological polar surface area (TPSA) is 53.7 Å². The van der Waals surface area contributed by atoms with E-state index in [0.29, 0.717) is 5.56 Å².